The number of pyridine rings is 2. The van der Waals surface area contributed by atoms with Crippen LogP contribution in [0.3, 0.4) is 0 Å². The van der Waals surface area contributed by atoms with Gasteiger partial charge in [-0.15, -0.1) is 0 Å². The van der Waals surface area contributed by atoms with Gasteiger partial charge in [-0.25, -0.2) is 9.97 Å². The molecule has 3 aliphatic heterocycles. The summed E-state index contributed by atoms with van der Waals surface area (Å²) in [5.41, 5.74) is 3.45. The standard InChI is InChI=1S/C22H21BrN6O/c23-13-3-4-15-14(10-13)19(25-17-11-29-8-5-12(17)6-9-29)18(22(30)27-15)21-26-16-2-1-7-24-20(16)28-21/h1-4,7,10,12,17H,5-6,8-9,11H2,(H,24,26,28)(H2,25,27,30)/t17-/m0/s1. The number of hydrogen-bond donors (Lipinski definition) is 3. The van der Waals surface area contributed by atoms with Gasteiger partial charge in [0.15, 0.2) is 5.65 Å². The summed E-state index contributed by atoms with van der Waals surface area (Å²) in [4.78, 5) is 31.0. The lowest BCUT2D eigenvalue weighted by molar-refractivity contribution is 0.0976. The lowest BCUT2D eigenvalue weighted by atomic mass is 9.83. The zero-order valence-corrected chi connectivity index (χ0v) is 17.9. The molecule has 0 amide bonds. The van der Waals surface area contributed by atoms with Gasteiger partial charge in [-0.2, -0.15) is 0 Å². The molecule has 3 saturated heterocycles. The first kappa shape index (κ1) is 18.1. The molecule has 3 aromatic heterocycles. The highest BCUT2D eigenvalue weighted by Crippen LogP contribution is 2.36. The van der Waals surface area contributed by atoms with Gasteiger partial charge >= 0.3 is 0 Å². The summed E-state index contributed by atoms with van der Waals surface area (Å²) in [6.07, 6.45) is 4.11. The molecule has 0 spiro atoms. The number of hydrogen-bond acceptors (Lipinski definition) is 5. The van der Waals surface area contributed by atoms with E-state index < -0.39 is 0 Å². The molecule has 30 heavy (non-hydrogen) atoms. The Morgan fingerprint density at radius 3 is 2.77 bits per heavy atom. The predicted octanol–water partition coefficient (Wildman–Crippen LogP) is 3.74. The minimum atomic E-state index is -0.160. The topological polar surface area (TPSA) is 89.7 Å². The maximum Gasteiger partial charge on any atom is 0.261 e. The molecule has 1 atom stereocenters. The fraction of sp³-hybridized carbons (Fsp3) is 0.318. The van der Waals surface area contributed by atoms with Crippen LogP contribution in [0, 0.1) is 5.92 Å². The minimum absolute atomic E-state index is 0.160. The lowest BCUT2D eigenvalue weighted by Gasteiger charge is -2.45. The fourth-order valence-corrected chi connectivity index (χ4v) is 5.28. The molecule has 6 heterocycles. The molecule has 1 aromatic carbocycles. The molecular formula is C22H21BrN6O. The van der Waals surface area contributed by atoms with Gasteiger partial charge in [0, 0.05) is 28.6 Å². The quantitative estimate of drug-likeness (QED) is 0.429. The summed E-state index contributed by atoms with van der Waals surface area (Å²) >= 11 is 3.59. The Balaban J connectivity index is 1.56. The minimum Gasteiger partial charge on any atom is -0.379 e. The summed E-state index contributed by atoms with van der Waals surface area (Å²) in [6.45, 7) is 3.35. The van der Waals surface area contributed by atoms with Crippen LogP contribution in [0.15, 0.2) is 45.8 Å². The second kappa shape index (κ2) is 6.92. The Kier molecular flexibility index (Phi) is 4.17. The number of anilines is 1. The second-order valence-electron chi connectivity index (χ2n) is 8.24. The third kappa shape index (κ3) is 2.94. The molecule has 8 heteroatoms. The van der Waals surface area contributed by atoms with E-state index >= 15 is 0 Å². The van der Waals surface area contributed by atoms with Crippen LogP contribution in [0.2, 0.25) is 0 Å². The van der Waals surface area contributed by atoms with Gasteiger partial charge in [-0.1, -0.05) is 15.9 Å². The summed E-state index contributed by atoms with van der Waals surface area (Å²) in [6, 6.07) is 10.0. The summed E-state index contributed by atoms with van der Waals surface area (Å²) < 4.78 is 0.969. The van der Waals surface area contributed by atoms with Crippen LogP contribution >= 0.6 is 15.9 Å². The molecule has 3 fully saturated rings. The maximum absolute atomic E-state index is 13.2. The van der Waals surface area contributed by atoms with E-state index in [4.69, 9.17) is 0 Å². The number of rotatable bonds is 3. The van der Waals surface area contributed by atoms with Crippen molar-refractivity contribution in [3.63, 3.8) is 0 Å². The van der Waals surface area contributed by atoms with Gasteiger partial charge in [0.25, 0.3) is 5.56 Å². The van der Waals surface area contributed by atoms with Gasteiger partial charge in [0.1, 0.15) is 11.4 Å². The van der Waals surface area contributed by atoms with Crippen LogP contribution in [0.1, 0.15) is 12.8 Å². The third-order valence-corrected chi connectivity index (χ3v) is 6.95. The van der Waals surface area contributed by atoms with Crippen molar-refractivity contribution in [3.8, 4) is 11.4 Å². The van der Waals surface area contributed by atoms with Crippen molar-refractivity contribution in [3.05, 3.63) is 51.4 Å². The molecule has 0 radical (unpaired) electrons. The van der Waals surface area contributed by atoms with Crippen LogP contribution in [0.5, 0.6) is 0 Å². The molecule has 0 unspecified atom stereocenters. The molecule has 7 rings (SSSR count). The average Bonchev–Trinajstić information content (AvgIpc) is 3.19. The van der Waals surface area contributed by atoms with Crippen LogP contribution in [0.4, 0.5) is 5.69 Å². The van der Waals surface area contributed by atoms with E-state index in [9.17, 15) is 4.79 Å². The number of nitrogens with one attached hydrogen (secondary N) is 3. The zero-order valence-electron chi connectivity index (χ0n) is 16.3. The number of H-pyrrole nitrogens is 2. The molecule has 7 nitrogen and oxygen atoms in total. The van der Waals surface area contributed by atoms with E-state index in [1.807, 2.05) is 24.3 Å². The first-order valence-corrected chi connectivity index (χ1v) is 11.1. The molecule has 0 aliphatic carbocycles. The normalized spacial score (nSPS) is 23.3. The van der Waals surface area contributed by atoms with Gasteiger partial charge in [0.05, 0.1) is 16.7 Å². The van der Waals surface area contributed by atoms with Crippen LogP contribution < -0.4 is 10.9 Å². The monoisotopic (exact) mass is 464 g/mol. The van der Waals surface area contributed by atoms with Crippen molar-refractivity contribution in [1.82, 2.24) is 24.8 Å². The largest absolute Gasteiger partial charge is 0.379 e. The first-order chi connectivity index (χ1) is 14.7. The predicted molar refractivity (Wildman–Crippen MR) is 122 cm³/mol. The summed E-state index contributed by atoms with van der Waals surface area (Å²) in [7, 11) is 0. The molecular weight excluding hydrogens is 444 g/mol. The van der Waals surface area contributed by atoms with Crippen molar-refractivity contribution in [2.24, 2.45) is 5.92 Å². The zero-order chi connectivity index (χ0) is 20.2. The number of piperidine rings is 3. The van der Waals surface area contributed by atoms with Crippen molar-refractivity contribution in [1.29, 1.82) is 0 Å². The Morgan fingerprint density at radius 1 is 1.13 bits per heavy atom. The first-order valence-electron chi connectivity index (χ1n) is 10.3. The average molecular weight is 465 g/mol. The molecule has 3 aliphatic rings. The smallest absolute Gasteiger partial charge is 0.261 e. The van der Waals surface area contributed by atoms with E-state index in [0.29, 0.717) is 29.0 Å². The molecule has 152 valence electrons. The highest BCUT2D eigenvalue weighted by Gasteiger charge is 2.35. The van der Waals surface area contributed by atoms with E-state index in [1.165, 1.54) is 25.9 Å². The lowest BCUT2D eigenvalue weighted by Crippen LogP contribution is -2.53. The van der Waals surface area contributed by atoms with Crippen molar-refractivity contribution >= 4 is 43.7 Å². The van der Waals surface area contributed by atoms with Crippen LogP contribution in [-0.4, -0.2) is 50.5 Å². The number of aromatic nitrogens is 4. The van der Waals surface area contributed by atoms with Crippen molar-refractivity contribution < 1.29 is 0 Å². The van der Waals surface area contributed by atoms with E-state index in [1.54, 1.807) is 6.20 Å². The number of halogens is 1. The summed E-state index contributed by atoms with van der Waals surface area (Å²) in [5.74, 6) is 1.16. The highest BCUT2D eigenvalue weighted by atomic mass is 79.9. The summed E-state index contributed by atoms with van der Waals surface area (Å²) in [5, 5.41) is 4.75. The molecule has 3 N–H and O–H groups in total. The SMILES string of the molecule is O=c1[nH]c2ccc(Br)cc2c(N[C@H]2CN3CCC2CC3)c1-c1nc2ncccc2[nH]1. The molecule has 4 aromatic rings. The molecule has 2 bridgehead atoms. The van der Waals surface area contributed by atoms with Gasteiger partial charge < -0.3 is 20.2 Å². The van der Waals surface area contributed by atoms with Crippen molar-refractivity contribution in [2.75, 3.05) is 25.0 Å². The second-order valence-corrected chi connectivity index (χ2v) is 9.16. The maximum atomic E-state index is 13.2. The number of benzene rings is 1. The Morgan fingerprint density at radius 2 is 2.00 bits per heavy atom. The fourth-order valence-electron chi connectivity index (χ4n) is 4.92. The van der Waals surface area contributed by atoms with Crippen LogP contribution in [0.25, 0.3) is 33.5 Å². The number of imidazole rings is 1. The van der Waals surface area contributed by atoms with Gasteiger partial charge in [-0.3, -0.25) is 4.79 Å². The van der Waals surface area contributed by atoms with Crippen LogP contribution in [-0.2, 0) is 0 Å². The van der Waals surface area contributed by atoms with Crippen molar-refractivity contribution in [2.45, 2.75) is 18.9 Å². The van der Waals surface area contributed by atoms with E-state index in [0.717, 1.165) is 33.1 Å². The Labute approximate surface area is 181 Å². The number of aromatic amines is 2. The van der Waals surface area contributed by atoms with Gasteiger partial charge in [-0.05, 0) is 62.2 Å². The molecule has 0 saturated carbocycles. The Bertz CT molecular complexity index is 1290. The number of fused-ring (bicyclic) bond motifs is 5. The van der Waals surface area contributed by atoms with Gasteiger partial charge in [0.2, 0.25) is 0 Å². The third-order valence-electron chi connectivity index (χ3n) is 6.46. The number of nitrogens with zero attached hydrogens (tertiary/aromatic N) is 3. The van der Waals surface area contributed by atoms with E-state index in [2.05, 4.69) is 52.1 Å². The van der Waals surface area contributed by atoms with E-state index in [-0.39, 0.29) is 5.56 Å². The highest BCUT2D eigenvalue weighted by molar-refractivity contribution is 9.10. The Hall–Kier alpha value is -2.71.